The molecule has 1 heterocycles. The summed E-state index contributed by atoms with van der Waals surface area (Å²) in [6.07, 6.45) is 5.85. The van der Waals surface area contributed by atoms with E-state index in [2.05, 4.69) is 11.4 Å². The summed E-state index contributed by atoms with van der Waals surface area (Å²) in [6.45, 7) is 1.12. The summed E-state index contributed by atoms with van der Waals surface area (Å²) >= 11 is 0. The van der Waals surface area contributed by atoms with Crippen LogP contribution >= 0.6 is 0 Å². The van der Waals surface area contributed by atoms with Crippen molar-refractivity contribution in [3.8, 4) is 22.6 Å². The van der Waals surface area contributed by atoms with Crippen molar-refractivity contribution < 1.29 is 10.2 Å². The van der Waals surface area contributed by atoms with Gasteiger partial charge in [0.25, 0.3) is 0 Å². The molecule has 1 atom stereocenters. The third-order valence-corrected chi connectivity index (χ3v) is 4.39. The summed E-state index contributed by atoms with van der Waals surface area (Å²) in [4.78, 5) is 0. The Morgan fingerprint density at radius 3 is 2.68 bits per heavy atom. The minimum atomic E-state index is 0.244. The number of phenolic OH excluding ortho intramolecular Hbond substituents is 2. The molecule has 0 spiro atoms. The zero-order valence-corrected chi connectivity index (χ0v) is 12.8. The highest BCUT2D eigenvalue weighted by Crippen LogP contribution is 2.32. The number of para-hydroxylation sites is 1. The van der Waals surface area contributed by atoms with Gasteiger partial charge in [-0.05, 0) is 61.6 Å². The van der Waals surface area contributed by atoms with Gasteiger partial charge in [0.15, 0.2) is 0 Å². The molecule has 0 saturated carbocycles. The Hall–Kier alpha value is -2.00. The van der Waals surface area contributed by atoms with E-state index >= 15 is 0 Å². The Bertz CT molecular complexity index is 633. The number of rotatable bonds is 4. The molecule has 3 heteroatoms. The van der Waals surface area contributed by atoms with Gasteiger partial charge in [0.2, 0.25) is 0 Å². The second-order valence-corrected chi connectivity index (χ2v) is 6.09. The molecule has 1 fully saturated rings. The van der Waals surface area contributed by atoms with E-state index in [1.165, 1.54) is 19.3 Å². The maximum atomic E-state index is 9.99. The molecule has 0 radical (unpaired) electrons. The Kier molecular flexibility index (Phi) is 4.64. The normalized spacial score (nSPS) is 18.3. The van der Waals surface area contributed by atoms with Gasteiger partial charge >= 0.3 is 0 Å². The first kappa shape index (κ1) is 14.9. The minimum Gasteiger partial charge on any atom is -0.508 e. The third kappa shape index (κ3) is 3.60. The van der Waals surface area contributed by atoms with Crippen molar-refractivity contribution in [3.63, 3.8) is 0 Å². The van der Waals surface area contributed by atoms with Crippen LogP contribution in [-0.2, 0) is 6.42 Å². The zero-order chi connectivity index (χ0) is 15.4. The first-order valence-electron chi connectivity index (χ1n) is 8.07. The van der Waals surface area contributed by atoms with E-state index < -0.39 is 0 Å². The molecule has 1 aliphatic rings. The fourth-order valence-electron chi connectivity index (χ4n) is 3.20. The molecule has 0 aromatic heterocycles. The fraction of sp³-hybridized carbons (Fsp3) is 0.368. The molecule has 0 bridgehead atoms. The standard InChI is InChI=1S/C19H23NO2/c21-17-12-14(8-9-16-5-3-4-10-20-16)11-15(13-17)18-6-1-2-7-19(18)22/h1-2,6-7,11-13,16,20-22H,3-5,8-10H2/t16-/m1/s1. The predicted molar refractivity (Wildman–Crippen MR) is 89.2 cm³/mol. The van der Waals surface area contributed by atoms with Crippen molar-refractivity contribution in [3.05, 3.63) is 48.0 Å². The van der Waals surface area contributed by atoms with Gasteiger partial charge in [-0.3, -0.25) is 0 Å². The Labute approximate surface area is 131 Å². The van der Waals surface area contributed by atoms with Crippen LogP contribution in [0.4, 0.5) is 0 Å². The number of aryl methyl sites for hydroxylation is 1. The van der Waals surface area contributed by atoms with Crippen LogP contribution in [0.1, 0.15) is 31.2 Å². The highest BCUT2D eigenvalue weighted by atomic mass is 16.3. The monoisotopic (exact) mass is 297 g/mol. The van der Waals surface area contributed by atoms with Crippen LogP contribution in [0.2, 0.25) is 0 Å². The lowest BCUT2D eigenvalue weighted by atomic mass is 9.95. The van der Waals surface area contributed by atoms with E-state index in [1.807, 2.05) is 18.2 Å². The lowest BCUT2D eigenvalue weighted by molar-refractivity contribution is 0.382. The third-order valence-electron chi connectivity index (χ3n) is 4.39. The van der Waals surface area contributed by atoms with Crippen LogP contribution in [0.5, 0.6) is 11.5 Å². The van der Waals surface area contributed by atoms with Crippen molar-refractivity contribution >= 4 is 0 Å². The van der Waals surface area contributed by atoms with Crippen molar-refractivity contribution in [2.45, 2.75) is 38.1 Å². The van der Waals surface area contributed by atoms with Gasteiger partial charge in [-0.25, -0.2) is 0 Å². The summed E-state index contributed by atoms with van der Waals surface area (Å²) in [6, 6.07) is 13.4. The second kappa shape index (κ2) is 6.84. The molecule has 0 aliphatic carbocycles. The predicted octanol–water partition coefficient (Wildman–Crippen LogP) is 3.84. The van der Waals surface area contributed by atoms with Crippen molar-refractivity contribution in [1.82, 2.24) is 5.32 Å². The molecule has 116 valence electrons. The minimum absolute atomic E-state index is 0.244. The van der Waals surface area contributed by atoms with Crippen molar-refractivity contribution in [1.29, 1.82) is 0 Å². The lowest BCUT2D eigenvalue weighted by Gasteiger charge is -2.23. The van der Waals surface area contributed by atoms with Crippen molar-refractivity contribution in [2.75, 3.05) is 6.54 Å². The Morgan fingerprint density at radius 2 is 1.91 bits per heavy atom. The van der Waals surface area contributed by atoms with Gasteiger partial charge in [-0.15, -0.1) is 0 Å². The van der Waals surface area contributed by atoms with Crippen LogP contribution in [0.15, 0.2) is 42.5 Å². The zero-order valence-electron chi connectivity index (χ0n) is 12.8. The molecule has 2 aromatic rings. The molecule has 0 unspecified atom stereocenters. The molecular weight excluding hydrogens is 274 g/mol. The van der Waals surface area contributed by atoms with Gasteiger partial charge in [0.1, 0.15) is 11.5 Å². The molecule has 1 saturated heterocycles. The van der Waals surface area contributed by atoms with Gasteiger partial charge in [0.05, 0.1) is 0 Å². The highest BCUT2D eigenvalue weighted by molar-refractivity contribution is 5.71. The summed E-state index contributed by atoms with van der Waals surface area (Å²) in [7, 11) is 0. The molecule has 3 N–H and O–H groups in total. The first-order valence-corrected chi connectivity index (χ1v) is 8.07. The van der Waals surface area contributed by atoms with Gasteiger partial charge in [-0.2, -0.15) is 0 Å². The van der Waals surface area contributed by atoms with E-state index in [-0.39, 0.29) is 11.5 Å². The average molecular weight is 297 g/mol. The average Bonchev–Trinajstić information content (AvgIpc) is 2.54. The van der Waals surface area contributed by atoms with Crippen LogP contribution < -0.4 is 5.32 Å². The number of hydrogen-bond acceptors (Lipinski definition) is 3. The van der Waals surface area contributed by atoms with Crippen LogP contribution in [-0.4, -0.2) is 22.8 Å². The quantitative estimate of drug-likeness (QED) is 0.803. The van der Waals surface area contributed by atoms with E-state index in [9.17, 15) is 10.2 Å². The Balaban J connectivity index is 1.76. The van der Waals surface area contributed by atoms with Crippen LogP contribution in [0.3, 0.4) is 0 Å². The molecule has 1 aliphatic heterocycles. The number of aromatic hydroxyl groups is 2. The molecular formula is C19H23NO2. The fourth-order valence-corrected chi connectivity index (χ4v) is 3.20. The molecule has 2 aromatic carbocycles. The van der Waals surface area contributed by atoms with Gasteiger partial charge in [-0.1, -0.05) is 30.7 Å². The van der Waals surface area contributed by atoms with E-state index in [4.69, 9.17) is 0 Å². The maximum absolute atomic E-state index is 9.99. The van der Waals surface area contributed by atoms with E-state index in [0.717, 1.165) is 36.1 Å². The first-order chi connectivity index (χ1) is 10.7. The van der Waals surface area contributed by atoms with Crippen LogP contribution in [0.25, 0.3) is 11.1 Å². The van der Waals surface area contributed by atoms with Gasteiger partial charge in [0, 0.05) is 11.6 Å². The molecule has 3 rings (SSSR count). The number of benzene rings is 2. The summed E-state index contributed by atoms with van der Waals surface area (Å²) in [5.74, 6) is 0.500. The highest BCUT2D eigenvalue weighted by Gasteiger charge is 2.13. The van der Waals surface area contributed by atoms with E-state index in [1.54, 1.807) is 18.2 Å². The van der Waals surface area contributed by atoms with Gasteiger partial charge < -0.3 is 15.5 Å². The molecule has 3 nitrogen and oxygen atoms in total. The largest absolute Gasteiger partial charge is 0.508 e. The number of piperidine rings is 1. The smallest absolute Gasteiger partial charge is 0.123 e. The SMILES string of the molecule is Oc1cc(CC[C@H]2CCCCN2)cc(-c2ccccc2O)c1. The Morgan fingerprint density at radius 1 is 1.05 bits per heavy atom. The maximum Gasteiger partial charge on any atom is 0.123 e. The second-order valence-electron chi connectivity index (χ2n) is 6.09. The lowest BCUT2D eigenvalue weighted by Crippen LogP contribution is -2.34. The summed E-state index contributed by atoms with van der Waals surface area (Å²) < 4.78 is 0. The number of hydrogen-bond donors (Lipinski definition) is 3. The number of nitrogens with one attached hydrogen (secondary N) is 1. The summed E-state index contributed by atoms with van der Waals surface area (Å²) in [5, 5.41) is 23.5. The summed E-state index contributed by atoms with van der Waals surface area (Å²) in [5.41, 5.74) is 2.74. The molecule has 22 heavy (non-hydrogen) atoms. The van der Waals surface area contributed by atoms with E-state index in [0.29, 0.717) is 6.04 Å². The number of phenols is 2. The molecule has 0 amide bonds. The van der Waals surface area contributed by atoms with Crippen molar-refractivity contribution in [2.24, 2.45) is 0 Å². The van der Waals surface area contributed by atoms with Crippen LogP contribution in [0, 0.1) is 0 Å². The topological polar surface area (TPSA) is 52.5 Å².